The van der Waals surface area contributed by atoms with E-state index in [0.717, 1.165) is 23.4 Å². The van der Waals surface area contributed by atoms with E-state index in [1.54, 1.807) is 0 Å². The summed E-state index contributed by atoms with van der Waals surface area (Å²) >= 11 is 0. The van der Waals surface area contributed by atoms with E-state index >= 15 is 0 Å². The second-order valence-electron chi connectivity index (χ2n) is 6.69. The van der Waals surface area contributed by atoms with Gasteiger partial charge in [0.05, 0.1) is 30.3 Å². The molecule has 3 rings (SSSR count). The second kappa shape index (κ2) is 7.97. The van der Waals surface area contributed by atoms with Gasteiger partial charge in [-0.05, 0) is 32.9 Å². The van der Waals surface area contributed by atoms with Crippen LogP contribution in [0.2, 0.25) is 0 Å². The SMILES string of the molecule is CCn1c([C@H](C)N[C@H](C)CC(=O)N2CCOCC2)nc2ccccc21. The van der Waals surface area contributed by atoms with Crippen LogP contribution in [-0.4, -0.2) is 52.7 Å². The normalized spacial score (nSPS) is 17.6. The van der Waals surface area contributed by atoms with Gasteiger partial charge in [0.2, 0.25) is 5.91 Å². The Hall–Kier alpha value is -1.92. The van der Waals surface area contributed by atoms with Gasteiger partial charge in [0.1, 0.15) is 5.82 Å². The molecule has 1 N–H and O–H groups in total. The quantitative estimate of drug-likeness (QED) is 0.874. The van der Waals surface area contributed by atoms with Gasteiger partial charge in [0.25, 0.3) is 0 Å². The molecule has 2 atom stereocenters. The topological polar surface area (TPSA) is 59.4 Å². The molecule has 2 heterocycles. The molecule has 1 aromatic heterocycles. The van der Waals surface area contributed by atoms with Crippen molar-refractivity contribution in [3.8, 4) is 0 Å². The molecule has 0 unspecified atom stereocenters. The van der Waals surface area contributed by atoms with E-state index in [4.69, 9.17) is 9.72 Å². The number of ether oxygens (including phenoxy) is 1. The maximum atomic E-state index is 12.4. The number of rotatable bonds is 6. The number of nitrogens with zero attached hydrogens (tertiary/aromatic N) is 3. The van der Waals surface area contributed by atoms with Crippen molar-refractivity contribution in [1.82, 2.24) is 19.8 Å². The van der Waals surface area contributed by atoms with Crippen LogP contribution < -0.4 is 5.32 Å². The number of aromatic nitrogens is 2. The third-order valence-corrected chi connectivity index (χ3v) is 4.77. The number of carbonyl (C=O) groups excluding carboxylic acids is 1. The van der Waals surface area contributed by atoms with Crippen molar-refractivity contribution in [2.45, 2.75) is 45.8 Å². The zero-order valence-electron chi connectivity index (χ0n) is 15.4. The number of para-hydroxylation sites is 2. The van der Waals surface area contributed by atoms with Gasteiger partial charge in [0.15, 0.2) is 0 Å². The van der Waals surface area contributed by atoms with Crippen molar-refractivity contribution < 1.29 is 9.53 Å². The first-order valence-electron chi connectivity index (χ1n) is 9.17. The van der Waals surface area contributed by atoms with Gasteiger partial charge in [-0.3, -0.25) is 4.79 Å². The average Bonchev–Trinajstić information content (AvgIpc) is 3.01. The smallest absolute Gasteiger partial charge is 0.224 e. The van der Waals surface area contributed by atoms with Gasteiger partial charge < -0.3 is 19.5 Å². The number of hydrogen-bond donors (Lipinski definition) is 1. The minimum Gasteiger partial charge on any atom is -0.378 e. The largest absolute Gasteiger partial charge is 0.378 e. The Kier molecular flexibility index (Phi) is 5.71. The van der Waals surface area contributed by atoms with E-state index in [2.05, 4.69) is 36.7 Å². The number of benzene rings is 1. The number of aryl methyl sites for hydroxylation is 1. The predicted octanol–water partition coefficient (Wildman–Crippen LogP) is 2.34. The van der Waals surface area contributed by atoms with Crippen LogP contribution in [0.1, 0.15) is 39.1 Å². The number of morpholine rings is 1. The van der Waals surface area contributed by atoms with Crippen molar-refractivity contribution in [3.63, 3.8) is 0 Å². The van der Waals surface area contributed by atoms with Crippen LogP contribution in [0.5, 0.6) is 0 Å². The number of carbonyl (C=O) groups is 1. The number of hydrogen-bond acceptors (Lipinski definition) is 4. The van der Waals surface area contributed by atoms with E-state index in [9.17, 15) is 4.79 Å². The Balaban J connectivity index is 1.65. The molecular formula is C19H28N4O2. The van der Waals surface area contributed by atoms with Crippen molar-refractivity contribution >= 4 is 16.9 Å². The molecule has 2 aromatic rings. The summed E-state index contributed by atoms with van der Waals surface area (Å²) in [7, 11) is 0. The Morgan fingerprint density at radius 1 is 1.28 bits per heavy atom. The third kappa shape index (κ3) is 4.02. The summed E-state index contributed by atoms with van der Waals surface area (Å²) in [5.41, 5.74) is 2.18. The fourth-order valence-corrected chi connectivity index (χ4v) is 3.52. The lowest BCUT2D eigenvalue weighted by atomic mass is 10.1. The van der Waals surface area contributed by atoms with Crippen molar-refractivity contribution in [2.75, 3.05) is 26.3 Å². The molecule has 1 aliphatic heterocycles. The molecule has 0 aliphatic carbocycles. The van der Waals surface area contributed by atoms with Crippen molar-refractivity contribution in [3.05, 3.63) is 30.1 Å². The molecule has 25 heavy (non-hydrogen) atoms. The molecule has 0 bridgehead atoms. The minimum absolute atomic E-state index is 0.0832. The predicted molar refractivity (Wildman–Crippen MR) is 98.4 cm³/mol. The standard InChI is InChI=1S/C19H28N4O2/c1-4-23-17-8-6-5-7-16(17)21-19(23)15(3)20-14(2)13-18(24)22-9-11-25-12-10-22/h5-8,14-15,20H,4,9-13H2,1-3H3/t14-,15+/m1/s1. The number of imidazole rings is 1. The molecule has 136 valence electrons. The van der Waals surface area contributed by atoms with Crippen LogP contribution in [0, 0.1) is 0 Å². The minimum atomic E-state index is 0.0832. The molecule has 6 nitrogen and oxygen atoms in total. The Morgan fingerprint density at radius 2 is 2.00 bits per heavy atom. The zero-order valence-corrected chi connectivity index (χ0v) is 15.4. The fourth-order valence-electron chi connectivity index (χ4n) is 3.52. The average molecular weight is 344 g/mol. The highest BCUT2D eigenvalue weighted by molar-refractivity contribution is 5.77. The highest BCUT2D eigenvalue weighted by atomic mass is 16.5. The molecule has 1 amide bonds. The summed E-state index contributed by atoms with van der Waals surface area (Å²) in [6.45, 7) is 9.88. The van der Waals surface area contributed by atoms with Crippen LogP contribution in [0.15, 0.2) is 24.3 Å². The maximum absolute atomic E-state index is 12.4. The highest BCUT2D eigenvalue weighted by Gasteiger charge is 2.22. The number of fused-ring (bicyclic) bond motifs is 1. The van der Waals surface area contributed by atoms with Gasteiger partial charge in [-0.15, -0.1) is 0 Å². The van der Waals surface area contributed by atoms with Gasteiger partial charge in [-0.2, -0.15) is 0 Å². The highest BCUT2D eigenvalue weighted by Crippen LogP contribution is 2.21. The lowest BCUT2D eigenvalue weighted by Crippen LogP contribution is -2.43. The van der Waals surface area contributed by atoms with Gasteiger partial charge in [-0.25, -0.2) is 4.98 Å². The summed E-state index contributed by atoms with van der Waals surface area (Å²) in [6, 6.07) is 8.38. The van der Waals surface area contributed by atoms with Crippen LogP contribution in [-0.2, 0) is 16.1 Å². The molecule has 6 heteroatoms. The van der Waals surface area contributed by atoms with E-state index in [1.807, 2.05) is 23.1 Å². The summed E-state index contributed by atoms with van der Waals surface area (Å²) in [6.07, 6.45) is 0.497. The third-order valence-electron chi connectivity index (χ3n) is 4.77. The zero-order chi connectivity index (χ0) is 17.8. The first kappa shape index (κ1) is 17.9. The number of amides is 1. The van der Waals surface area contributed by atoms with E-state index in [1.165, 1.54) is 0 Å². The van der Waals surface area contributed by atoms with Crippen LogP contribution in [0.3, 0.4) is 0 Å². The molecule has 1 fully saturated rings. The molecule has 0 spiro atoms. The first-order chi connectivity index (χ1) is 12.1. The molecule has 1 aromatic carbocycles. The van der Waals surface area contributed by atoms with Crippen LogP contribution >= 0.6 is 0 Å². The van der Waals surface area contributed by atoms with Gasteiger partial charge in [0, 0.05) is 32.1 Å². The van der Waals surface area contributed by atoms with Crippen molar-refractivity contribution in [2.24, 2.45) is 0 Å². The molecule has 0 saturated carbocycles. The maximum Gasteiger partial charge on any atom is 0.224 e. The molecule has 1 aliphatic rings. The molecular weight excluding hydrogens is 316 g/mol. The lowest BCUT2D eigenvalue weighted by molar-refractivity contribution is -0.135. The Morgan fingerprint density at radius 3 is 2.72 bits per heavy atom. The summed E-state index contributed by atoms with van der Waals surface area (Å²) in [5.74, 6) is 1.22. The fraction of sp³-hybridized carbons (Fsp3) is 0.579. The molecule has 0 radical (unpaired) electrons. The Labute approximate surface area is 149 Å². The van der Waals surface area contributed by atoms with E-state index < -0.39 is 0 Å². The van der Waals surface area contributed by atoms with E-state index in [0.29, 0.717) is 32.7 Å². The van der Waals surface area contributed by atoms with Gasteiger partial charge >= 0.3 is 0 Å². The van der Waals surface area contributed by atoms with Crippen LogP contribution in [0.4, 0.5) is 0 Å². The van der Waals surface area contributed by atoms with Gasteiger partial charge in [-0.1, -0.05) is 12.1 Å². The summed E-state index contributed by atoms with van der Waals surface area (Å²) < 4.78 is 7.55. The second-order valence-corrected chi connectivity index (χ2v) is 6.69. The molecule has 1 saturated heterocycles. The summed E-state index contributed by atoms with van der Waals surface area (Å²) in [4.78, 5) is 19.1. The Bertz CT molecular complexity index is 721. The summed E-state index contributed by atoms with van der Waals surface area (Å²) in [5, 5.41) is 3.54. The van der Waals surface area contributed by atoms with Crippen molar-refractivity contribution in [1.29, 1.82) is 0 Å². The van der Waals surface area contributed by atoms with E-state index in [-0.39, 0.29) is 18.0 Å². The number of nitrogens with one attached hydrogen (secondary N) is 1. The van der Waals surface area contributed by atoms with Crippen LogP contribution in [0.25, 0.3) is 11.0 Å². The monoisotopic (exact) mass is 344 g/mol. The first-order valence-corrected chi connectivity index (χ1v) is 9.17. The lowest BCUT2D eigenvalue weighted by Gasteiger charge is -2.28.